The third-order valence-corrected chi connectivity index (χ3v) is 7.25. The molecule has 8 nitrogen and oxygen atoms in total. The van der Waals surface area contributed by atoms with Gasteiger partial charge >= 0.3 is 196 Å². The Kier molecular flexibility index (Phi) is 7.13. The Labute approximate surface area is 195 Å². The second-order valence-electron chi connectivity index (χ2n) is 8.84. The standard InChI is InChI=1S/C22H25AsF3NO7/c1-21(2)11-13(12-23(31,32)33)14-8-15-16(22(24,25)26)9-20(30)34-18(15)10-17(14)27(21)7-5-3-4-6-19(28)29/h8-11H,3-7,12H2,1-2H3,(H,28,29)(H2,31,32,33). The molecular formula is C22H25AsF3NO7. The molecule has 0 fully saturated rings. The number of aliphatic carboxylic acids is 1. The molecule has 0 radical (unpaired) electrons. The van der Waals surface area contributed by atoms with Crippen molar-refractivity contribution in [3.8, 4) is 0 Å². The van der Waals surface area contributed by atoms with Gasteiger partial charge in [-0.2, -0.15) is 0 Å². The van der Waals surface area contributed by atoms with Gasteiger partial charge in [0.15, 0.2) is 0 Å². The minimum atomic E-state index is -5.22. The van der Waals surface area contributed by atoms with Gasteiger partial charge in [-0.1, -0.05) is 0 Å². The number of carboxylic acid groups (broad SMARTS) is 1. The SMILES string of the molecule is CC1(C)C=C(C[As](=O)(O)O)c2cc3c(C(F)(F)F)cc(=O)oc3cc2N1CCCCCC(=O)O. The van der Waals surface area contributed by atoms with Crippen LogP contribution in [0.2, 0.25) is 5.21 Å². The van der Waals surface area contributed by atoms with Crippen LogP contribution in [-0.2, 0) is 14.7 Å². The summed E-state index contributed by atoms with van der Waals surface area (Å²) in [6, 6.07) is 2.83. The quantitative estimate of drug-likeness (QED) is 0.259. The van der Waals surface area contributed by atoms with E-state index in [9.17, 15) is 34.7 Å². The van der Waals surface area contributed by atoms with Crippen LogP contribution in [0.5, 0.6) is 0 Å². The summed E-state index contributed by atoms with van der Waals surface area (Å²) in [5, 5.41) is 7.82. The predicted molar refractivity (Wildman–Crippen MR) is 119 cm³/mol. The molecule has 2 heterocycles. The first-order valence-corrected chi connectivity index (χ1v) is 14.3. The molecule has 0 spiro atoms. The number of benzene rings is 1. The second-order valence-corrected chi connectivity index (χ2v) is 12.3. The van der Waals surface area contributed by atoms with E-state index in [0.717, 1.165) is 0 Å². The van der Waals surface area contributed by atoms with Gasteiger partial charge in [0.25, 0.3) is 0 Å². The molecule has 1 aromatic heterocycles. The van der Waals surface area contributed by atoms with Crippen LogP contribution in [0, 0.1) is 0 Å². The van der Waals surface area contributed by atoms with E-state index in [1.807, 2.05) is 4.90 Å². The van der Waals surface area contributed by atoms with E-state index in [-0.39, 0.29) is 28.5 Å². The van der Waals surface area contributed by atoms with E-state index in [0.29, 0.717) is 37.6 Å². The molecule has 3 N–H and O–H groups in total. The average molecular weight is 547 g/mol. The second kappa shape index (κ2) is 9.28. The van der Waals surface area contributed by atoms with Gasteiger partial charge in [-0.3, -0.25) is 0 Å². The minimum absolute atomic E-state index is 0.0182. The number of rotatable bonds is 8. The van der Waals surface area contributed by atoms with E-state index in [4.69, 9.17) is 9.52 Å². The number of alkyl halides is 3. The van der Waals surface area contributed by atoms with E-state index in [2.05, 4.69) is 0 Å². The fourth-order valence-corrected chi connectivity index (χ4v) is 5.77. The third-order valence-electron chi connectivity index (χ3n) is 5.67. The van der Waals surface area contributed by atoms with Crippen LogP contribution < -0.4 is 10.5 Å². The van der Waals surface area contributed by atoms with Crippen LogP contribution in [0.15, 0.2) is 33.5 Å². The molecule has 0 saturated carbocycles. The van der Waals surface area contributed by atoms with E-state index >= 15 is 0 Å². The van der Waals surface area contributed by atoms with Crippen LogP contribution in [0.25, 0.3) is 16.5 Å². The summed E-state index contributed by atoms with van der Waals surface area (Å²) in [7, 11) is 0. The van der Waals surface area contributed by atoms with E-state index < -0.39 is 48.3 Å². The van der Waals surface area contributed by atoms with Crippen molar-refractivity contribution in [1.29, 1.82) is 0 Å². The topological polar surface area (TPSA) is 128 Å². The molecule has 0 amide bonds. The number of hydrogen-bond acceptors (Lipinski definition) is 5. The Morgan fingerprint density at radius 3 is 2.41 bits per heavy atom. The molecule has 12 heteroatoms. The summed E-state index contributed by atoms with van der Waals surface area (Å²) in [4.78, 5) is 24.4. The molecule has 3 rings (SSSR count). The van der Waals surface area contributed by atoms with Crippen molar-refractivity contribution in [1.82, 2.24) is 0 Å². The van der Waals surface area contributed by atoms with Gasteiger partial charge in [0.1, 0.15) is 0 Å². The number of anilines is 1. The third kappa shape index (κ3) is 5.95. The number of fused-ring (bicyclic) bond motifs is 2. The molecule has 0 atom stereocenters. The first-order valence-electron chi connectivity index (χ1n) is 10.5. The summed E-state index contributed by atoms with van der Waals surface area (Å²) >= 11 is -5.22. The zero-order chi connectivity index (χ0) is 25.5. The van der Waals surface area contributed by atoms with Gasteiger partial charge in [0.2, 0.25) is 0 Å². The molecular weight excluding hydrogens is 522 g/mol. The van der Waals surface area contributed by atoms with Crippen molar-refractivity contribution in [2.45, 2.75) is 56.5 Å². The van der Waals surface area contributed by atoms with Crippen molar-refractivity contribution in [3.05, 3.63) is 45.8 Å². The number of unbranched alkanes of at least 4 members (excludes halogenated alkanes) is 2. The first-order chi connectivity index (χ1) is 15.6. The van der Waals surface area contributed by atoms with Gasteiger partial charge in [0, 0.05) is 0 Å². The van der Waals surface area contributed by atoms with Crippen molar-refractivity contribution in [3.63, 3.8) is 0 Å². The molecule has 34 heavy (non-hydrogen) atoms. The van der Waals surface area contributed by atoms with Gasteiger partial charge in [-0.15, -0.1) is 0 Å². The number of hydrogen-bond donors (Lipinski definition) is 3. The Bertz CT molecular complexity index is 1240. The molecule has 1 aliphatic rings. The van der Waals surface area contributed by atoms with Crippen molar-refractivity contribution >= 4 is 42.4 Å². The van der Waals surface area contributed by atoms with E-state index in [1.54, 1.807) is 19.9 Å². The summed E-state index contributed by atoms with van der Waals surface area (Å²) in [5.74, 6) is -0.905. The molecule has 1 aliphatic heterocycles. The monoisotopic (exact) mass is 547 g/mol. The van der Waals surface area contributed by atoms with Gasteiger partial charge in [0.05, 0.1) is 0 Å². The van der Waals surface area contributed by atoms with E-state index in [1.165, 1.54) is 12.1 Å². The summed E-state index contributed by atoms with van der Waals surface area (Å²) < 4.78 is 77.1. The number of nitrogens with zero attached hydrogens (tertiary/aromatic N) is 1. The van der Waals surface area contributed by atoms with Crippen LogP contribution >= 0.6 is 0 Å². The Hall–Kier alpha value is -2.49. The van der Waals surface area contributed by atoms with Gasteiger partial charge in [-0.25, -0.2) is 0 Å². The average Bonchev–Trinajstić information content (AvgIpc) is 2.65. The Morgan fingerprint density at radius 2 is 1.82 bits per heavy atom. The van der Waals surface area contributed by atoms with Gasteiger partial charge in [-0.05, 0) is 0 Å². The zero-order valence-electron chi connectivity index (χ0n) is 18.6. The van der Waals surface area contributed by atoms with Crippen LogP contribution in [0.1, 0.15) is 50.7 Å². The van der Waals surface area contributed by atoms with Crippen molar-refractivity contribution in [2.24, 2.45) is 0 Å². The Morgan fingerprint density at radius 1 is 1.15 bits per heavy atom. The molecule has 0 bridgehead atoms. The molecule has 186 valence electrons. The van der Waals surface area contributed by atoms with Crippen LogP contribution in [-0.4, -0.2) is 45.5 Å². The molecule has 1 aromatic carbocycles. The van der Waals surface area contributed by atoms with Crippen molar-refractivity contribution in [2.75, 3.05) is 11.4 Å². The predicted octanol–water partition coefficient (Wildman–Crippen LogP) is 3.79. The summed E-state index contributed by atoms with van der Waals surface area (Å²) in [6.45, 7) is 4.00. The number of carboxylic acids is 1. The fraction of sp³-hybridized carbons (Fsp3) is 0.455. The fourth-order valence-electron chi connectivity index (χ4n) is 4.29. The van der Waals surface area contributed by atoms with Gasteiger partial charge < -0.3 is 0 Å². The molecule has 2 aromatic rings. The van der Waals surface area contributed by atoms with Crippen LogP contribution in [0.4, 0.5) is 18.9 Å². The number of halogens is 3. The van der Waals surface area contributed by atoms with Crippen LogP contribution in [0.3, 0.4) is 0 Å². The molecule has 0 aliphatic carbocycles. The van der Waals surface area contributed by atoms with Crippen molar-refractivity contribution < 1.29 is 39.4 Å². The summed E-state index contributed by atoms with van der Waals surface area (Å²) in [5.41, 5.74) is -2.57. The maximum absolute atomic E-state index is 13.6. The molecule has 0 saturated heterocycles. The number of carbonyl (C=O) groups is 1. The zero-order valence-corrected chi connectivity index (χ0v) is 20.4. The number of allylic oxidation sites excluding steroid dienone is 1. The first kappa shape index (κ1) is 26.1. The normalized spacial score (nSPS) is 15.9. The maximum atomic E-state index is 13.6. The molecule has 0 unspecified atom stereocenters. The summed E-state index contributed by atoms with van der Waals surface area (Å²) in [6.07, 6.45) is -1.56. The Balaban J connectivity index is 2.15.